The second kappa shape index (κ2) is 6.00. The summed E-state index contributed by atoms with van der Waals surface area (Å²) < 4.78 is 26.8. The molecule has 1 heterocycles. The van der Waals surface area contributed by atoms with Crippen LogP contribution in [0.4, 0.5) is 5.95 Å². The minimum Gasteiger partial charge on any atom is -0.346 e. The quantitative estimate of drug-likeness (QED) is 0.863. The van der Waals surface area contributed by atoms with E-state index in [0.717, 1.165) is 5.56 Å². The van der Waals surface area contributed by atoms with Gasteiger partial charge < -0.3 is 4.90 Å². The van der Waals surface area contributed by atoms with E-state index in [4.69, 9.17) is 11.6 Å². The number of aryl methyl sites for hydroxylation is 1. The van der Waals surface area contributed by atoms with Crippen molar-refractivity contribution >= 4 is 27.6 Å². The molecule has 1 aromatic carbocycles. The van der Waals surface area contributed by atoms with Crippen LogP contribution in [0.15, 0.2) is 23.1 Å². The number of nitrogens with one attached hydrogen (secondary N) is 2. The third-order valence-electron chi connectivity index (χ3n) is 2.80. The Labute approximate surface area is 128 Å². The summed E-state index contributed by atoms with van der Waals surface area (Å²) in [7, 11) is -0.0505. The molecule has 0 spiro atoms. The molecule has 21 heavy (non-hydrogen) atoms. The minimum atomic E-state index is -3.64. The zero-order valence-electron chi connectivity index (χ0n) is 11.9. The Hall–Kier alpha value is -1.64. The monoisotopic (exact) mass is 329 g/mol. The first-order chi connectivity index (χ1) is 9.79. The predicted molar refractivity (Wildman–Crippen MR) is 80.9 cm³/mol. The molecule has 0 aliphatic heterocycles. The van der Waals surface area contributed by atoms with E-state index in [0.29, 0.717) is 16.8 Å². The van der Waals surface area contributed by atoms with Crippen molar-refractivity contribution < 1.29 is 8.42 Å². The highest BCUT2D eigenvalue weighted by molar-refractivity contribution is 7.89. The lowest BCUT2D eigenvalue weighted by atomic mass is 10.2. The topological polar surface area (TPSA) is 91.0 Å². The molecule has 0 aliphatic rings. The summed E-state index contributed by atoms with van der Waals surface area (Å²) in [6.45, 7) is 1.83. The number of aromatic nitrogens is 3. The van der Waals surface area contributed by atoms with E-state index >= 15 is 0 Å². The lowest BCUT2D eigenvalue weighted by molar-refractivity contribution is 0.579. The number of hydrogen-bond donors (Lipinski definition) is 2. The van der Waals surface area contributed by atoms with Gasteiger partial charge in [-0.3, -0.25) is 5.10 Å². The zero-order chi connectivity index (χ0) is 15.6. The molecule has 7 nitrogen and oxygen atoms in total. The SMILES string of the molecule is Cc1ccc(S(=O)(=O)NCc2nc(N(C)C)n[nH]2)cc1Cl. The summed E-state index contributed by atoms with van der Waals surface area (Å²) in [6.07, 6.45) is 0. The van der Waals surface area contributed by atoms with Crippen molar-refractivity contribution in [3.05, 3.63) is 34.6 Å². The van der Waals surface area contributed by atoms with Crippen molar-refractivity contribution in [2.24, 2.45) is 0 Å². The van der Waals surface area contributed by atoms with Crippen LogP contribution in [0.5, 0.6) is 0 Å². The molecule has 1 aromatic heterocycles. The maximum Gasteiger partial charge on any atom is 0.244 e. The van der Waals surface area contributed by atoms with Crippen LogP contribution in [-0.4, -0.2) is 37.7 Å². The van der Waals surface area contributed by atoms with Crippen LogP contribution >= 0.6 is 11.6 Å². The first-order valence-corrected chi connectivity index (χ1v) is 8.00. The molecule has 0 aliphatic carbocycles. The van der Waals surface area contributed by atoms with Crippen LogP contribution in [-0.2, 0) is 16.6 Å². The number of halogens is 1. The molecule has 9 heteroatoms. The Morgan fingerprint density at radius 2 is 2.10 bits per heavy atom. The first kappa shape index (κ1) is 15.7. The van der Waals surface area contributed by atoms with Gasteiger partial charge >= 0.3 is 0 Å². The van der Waals surface area contributed by atoms with Gasteiger partial charge in [0.1, 0.15) is 5.82 Å². The fourth-order valence-corrected chi connectivity index (χ4v) is 2.81. The molecule has 0 saturated carbocycles. The van der Waals surface area contributed by atoms with Crippen LogP contribution < -0.4 is 9.62 Å². The van der Waals surface area contributed by atoms with Gasteiger partial charge in [-0.25, -0.2) is 13.1 Å². The molecular formula is C12H16ClN5O2S. The van der Waals surface area contributed by atoms with Crippen molar-refractivity contribution in [2.45, 2.75) is 18.4 Å². The Bertz CT molecular complexity index is 742. The summed E-state index contributed by atoms with van der Waals surface area (Å²) in [4.78, 5) is 5.98. The number of benzene rings is 1. The Morgan fingerprint density at radius 1 is 1.38 bits per heavy atom. The highest BCUT2D eigenvalue weighted by atomic mass is 35.5. The largest absolute Gasteiger partial charge is 0.346 e. The van der Waals surface area contributed by atoms with Crippen molar-refractivity contribution in [2.75, 3.05) is 19.0 Å². The molecule has 0 saturated heterocycles. The summed E-state index contributed by atoms with van der Waals surface area (Å²) in [5.41, 5.74) is 0.821. The van der Waals surface area contributed by atoms with Crippen LogP contribution in [0.3, 0.4) is 0 Å². The smallest absolute Gasteiger partial charge is 0.244 e. The summed E-state index contributed by atoms with van der Waals surface area (Å²) in [5.74, 6) is 0.920. The highest BCUT2D eigenvalue weighted by Gasteiger charge is 2.16. The number of nitrogens with zero attached hydrogens (tertiary/aromatic N) is 3. The van der Waals surface area contributed by atoms with Gasteiger partial charge in [-0.05, 0) is 24.6 Å². The number of hydrogen-bond acceptors (Lipinski definition) is 5. The third kappa shape index (κ3) is 3.72. The molecule has 0 atom stereocenters. The maximum atomic E-state index is 12.2. The van der Waals surface area contributed by atoms with Gasteiger partial charge in [0.05, 0.1) is 11.4 Å². The van der Waals surface area contributed by atoms with E-state index in [-0.39, 0.29) is 11.4 Å². The Balaban J connectivity index is 2.11. The standard InChI is InChI=1S/C12H16ClN5O2S/c1-8-4-5-9(6-10(8)13)21(19,20)14-7-11-15-12(17-16-11)18(2)3/h4-6,14H,7H2,1-3H3,(H,15,16,17). The van der Waals surface area contributed by atoms with Gasteiger partial charge in [-0.1, -0.05) is 17.7 Å². The molecule has 2 rings (SSSR count). The van der Waals surface area contributed by atoms with Gasteiger partial charge in [-0.2, -0.15) is 4.98 Å². The average molecular weight is 330 g/mol. The minimum absolute atomic E-state index is 0.0225. The molecule has 0 fully saturated rings. The summed E-state index contributed by atoms with van der Waals surface area (Å²) >= 11 is 5.95. The molecule has 114 valence electrons. The third-order valence-corrected chi connectivity index (χ3v) is 4.61. The lowest BCUT2D eigenvalue weighted by Crippen LogP contribution is -2.24. The van der Waals surface area contributed by atoms with E-state index in [1.54, 1.807) is 25.1 Å². The van der Waals surface area contributed by atoms with Crippen LogP contribution in [0.25, 0.3) is 0 Å². The van der Waals surface area contributed by atoms with Gasteiger partial charge in [-0.15, -0.1) is 5.10 Å². The van der Waals surface area contributed by atoms with Crippen molar-refractivity contribution in [1.29, 1.82) is 0 Å². The molecular weight excluding hydrogens is 314 g/mol. The van der Waals surface area contributed by atoms with Crippen molar-refractivity contribution in [3.8, 4) is 0 Å². The molecule has 0 amide bonds. The number of anilines is 1. The van der Waals surface area contributed by atoms with Crippen LogP contribution in [0.2, 0.25) is 5.02 Å². The molecule has 2 N–H and O–H groups in total. The van der Waals surface area contributed by atoms with E-state index in [2.05, 4.69) is 19.9 Å². The summed E-state index contributed by atoms with van der Waals surface area (Å²) in [5, 5.41) is 7.03. The van der Waals surface area contributed by atoms with E-state index in [9.17, 15) is 8.42 Å². The van der Waals surface area contributed by atoms with Gasteiger partial charge in [0, 0.05) is 19.1 Å². The second-order valence-electron chi connectivity index (χ2n) is 4.71. The van der Waals surface area contributed by atoms with E-state index in [1.807, 2.05) is 6.92 Å². The predicted octanol–water partition coefficient (Wildman–Crippen LogP) is 1.31. The number of sulfonamides is 1. The van der Waals surface area contributed by atoms with Gasteiger partial charge in [0.2, 0.25) is 16.0 Å². The number of rotatable bonds is 5. The van der Waals surface area contributed by atoms with Gasteiger partial charge in [0.25, 0.3) is 0 Å². The fourth-order valence-electron chi connectivity index (χ4n) is 1.55. The first-order valence-electron chi connectivity index (χ1n) is 6.14. The lowest BCUT2D eigenvalue weighted by Gasteiger charge is -2.07. The van der Waals surface area contributed by atoms with Gasteiger partial charge in [0.15, 0.2) is 0 Å². The van der Waals surface area contributed by atoms with Crippen molar-refractivity contribution in [3.63, 3.8) is 0 Å². The number of H-pyrrole nitrogens is 1. The Morgan fingerprint density at radius 3 is 2.67 bits per heavy atom. The van der Waals surface area contributed by atoms with E-state index in [1.165, 1.54) is 12.1 Å². The van der Waals surface area contributed by atoms with E-state index < -0.39 is 10.0 Å². The maximum absolute atomic E-state index is 12.2. The molecule has 0 bridgehead atoms. The van der Waals surface area contributed by atoms with Crippen LogP contribution in [0, 0.1) is 6.92 Å². The second-order valence-corrected chi connectivity index (χ2v) is 6.89. The molecule has 2 aromatic rings. The highest BCUT2D eigenvalue weighted by Crippen LogP contribution is 2.19. The summed E-state index contributed by atoms with van der Waals surface area (Å²) in [6, 6.07) is 4.59. The molecule has 0 radical (unpaired) electrons. The normalized spacial score (nSPS) is 11.6. The fraction of sp³-hybridized carbons (Fsp3) is 0.333. The van der Waals surface area contributed by atoms with Crippen molar-refractivity contribution in [1.82, 2.24) is 19.9 Å². The Kier molecular flexibility index (Phi) is 4.50. The van der Waals surface area contributed by atoms with Crippen LogP contribution in [0.1, 0.15) is 11.4 Å². The zero-order valence-corrected chi connectivity index (χ0v) is 13.5. The number of aromatic amines is 1. The molecule has 0 unspecified atom stereocenters. The average Bonchev–Trinajstić information content (AvgIpc) is 2.89.